The van der Waals surface area contributed by atoms with E-state index >= 15 is 0 Å². The van der Waals surface area contributed by atoms with Crippen LogP contribution in [0.25, 0.3) is 0 Å². The second-order valence-corrected chi connectivity index (χ2v) is 4.22. The van der Waals surface area contributed by atoms with Gasteiger partial charge in [0.15, 0.2) is 0 Å². The first-order valence-corrected chi connectivity index (χ1v) is 6.07. The molecule has 0 unspecified atom stereocenters. The van der Waals surface area contributed by atoms with Crippen molar-refractivity contribution in [3.05, 3.63) is 60.2 Å². The van der Waals surface area contributed by atoms with Gasteiger partial charge in [0.2, 0.25) is 0 Å². The Morgan fingerprint density at radius 1 is 1.10 bits per heavy atom. The van der Waals surface area contributed by atoms with E-state index in [4.69, 9.17) is 5.73 Å². The summed E-state index contributed by atoms with van der Waals surface area (Å²) in [4.78, 5) is 11.5. The number of carbonyl (C=O) groups excluding carboxylic acids is 1. The van der Waals surface area contributed by atoms with E-state index < -0.39 is 6.03 Å². The zero-order chi connectivity index (χ0) is 14.5. The van der Waals surface area contributed by atoms with Gasteiger partial charge in [-0.3, -0.25) is 0 Å². The topological polar surface area (TPSA) is 78.9 Å². The average Bonchev–Trinajstić information content (AvgIpc) is 2.46. The second kappa shape index (κ2) is 5.88. The van der Waals surface area contributed by atoms with E-state index in [0.29, 0.717) is 11.4 Å². The summed E-state index contributed by atoms with van der Waals surface area (Å²) < 4.78 is 0. The Kier molecular flexibility index (Phi) is 4.00. The first kappa shape index (κ1) is 13.6. The van der Waals surface area contributed by atoms with Gasteiger partial charge in [-0.15, -0.1) is 0 Å². The number of benzene rings is 2. The first-order valence-electron chi connectivity index (χ1n) is 6.07. The maximum atomic E-state index is 11.5. The number of carbonyl (C=O) groups is 1. The van der Waals surface area contributed by atoms with Crippen molar-refractivity contribution in [3.8, 4) is 5.75 Å². The Bertz CT molecular complexity index is 621. The van der Waals surface area contributed by atoms with Crippen LogP contribution in [0.1, 0.15) is 12.5 Å². The van der Waals surface area contributed by atoms with Crippen molar-refractivity contribution in [2.24, 2.45) is 10.8 Å². The first-order chi connectivity index (χ1) is 9.58. The lowest BCUT2D eigenvalue weighted by molar-refractivity contribution is 0.254. The highest BCUT2D eigenvalue weighted by molar-refractivity contribution is 6.02. The molecule has 0 fully saturated rings. The summed E-state index contributed by atoms with van der Waals surface area (Å²) in [6, 6.07) is 14.9. The molecule has 102 valence electrons. The van der Waals surface area contributed by atoms with Crippen LogP contribution >= 0.6 is 0 Å². The molecule has 2 amide bonds. The van der Waals surface area contributed by atoms with Crippen LogP contribution in [0.3, 0.4) is 0 Å². The number of phenols is 1. The second-order valence-electron chi connectivity index (χ2n) is 4.22. The van der Waals surface area contributed by atoms with Gasteiger partial charge in [-0.25, -0.2) is 4.79 Å². The van der Waals surface area contributed by atoms with Crippen LogP contribution in [-0.2, 0) is 0 Å². The van der Waals surface area contributed by atoms with Crippen LogP contribution in [0.5, 0.6) is 5.75 Å². The highest BCUT2D eigenvalue weighted by atomic mass is 16.3. The number of primary amides is 1. The van der Waals surface area contributed by atoms with Crippen molar-refractivity contribution in [3.63, 3.8) is 0 Å². The molecule has 0 saturated carbocycles. The molecule has 0 heterocycles. The number of hydrogen-bond acceptors (Lipinski definition) is 3. The van der Waals surface area contributed by atoms with Crippen molar-refractivity contribution in [1.82, 2.24) is 0 Å². The highest BCUT2D eigenvalue weighted by Crippen LogP contribution is 2.16. The third kappa shape index (κ3) is 3.14. The molecule has 20 heavy (non-hydrogen) atoms. The Hall–Kier alpha value is -2.82. The van der Waals surface area contributed by atoms with Crippen molar-refractivity contribution < 1.29 is 9.90 Å². The normalized spacial score (nSPS) is 11.2. The van der Waals surface area contributed by atoms with Crippen molar-refractivity contribution >= 4 is 17.4 Å². The molecule has 0 bridgehead atoms. The molecular weight excluding hydrogens is 254 g/mol. The number of aromatic hydroxyl groups is 1. The number of hydrazone groups is 1. The molecule has 0 atom stereocenters. The molecule has 5 heteroatoms. The lowest BCUT2D eigenvalue weighted by atomic mass is 10.1. The van der Waals surface area contributed by atoms with Crippen molar-refractivity contribution in [2.75, 3.05) is 5.01 Å². The van der Waals surface area contributed by atoms with E-state index in [-0.39, 0.29) is 5.75 Å². The van der Waals surface area contributed by atoms with E-state index in [1.165, 1.54) is 0 Å². The van der Waals surface area contributed by atoms with E-state index in [2.05, 4.69) is 5.10 Å². The van der Waals surface area contributed by atoms with E-state index in [1.807, 2.05) is 6.07 Å². The summed E-state index contributed by atoms with van der Waals surface area (Å²) in [5.74, 6) is 0.177. The predicted molar refractivity (Wildman–Crippen MR) is 78.8 cm³/mol. The minimum absolute atomic E-state index is 0.177. The third-order valence-electron chi connectivity index (χ3n) is 2.74. The monoisotopic (exact) mass is 269 g/mol. The van der Waals surface area contributed by atoms with Gasteiger partial charge in [-0.2, -0.15) is 10.1 Å². The Morgan fingerprint density at radius 2 is 1.70 bits per heavy atom. The smallest absolute Gasteiger partial charge is 0.340 e. The van der Waals surface area contributed by atoms with E-state index in [9.17, 15) is 9.90 Å². The summed E-state index contributed by atoms with van der Waals surface area (Å²) in [5.41, 5.74) is 7.37. The van der Waals surface area contributed by atoms with Crippen molar-refractivity contribution in [1.29, 1.82) is 0 Å². The number of urea groups is 1. The molecule has 0 aromatic heterocycles. The lowest BCUT2D eigenvalue weighted by Crippen LogP contribution is -2.32. The maximum Gasteiger partial charge on any atom is 0.340 e. The van der Waals surface area contributed by atoms with Gasteiger partial charge in [0.25, 0.3) is 0 Å². The minimum Gasteiger partial charge on any atom is -0.508 e. The van der Waals surface area contributed by atoms with Gasteiger partial charge >= 0.3 is 6.03 Å². The number of nitrogens with two attached hydrogens (primary N) is 1. The summed E-state index contributed by atoms with van der Waals surface area (Å²) in [7, 11) is 0. The van der Waals surface area contributed by atoms with Gasteiger partial charge in [-0.1, -0.05) is 18.2 Å². The average molecular weight is 269 g/mol. The maximum absolute atomic E-state index is 11.5. The number of rotatable bonds is 3. The Morgan fingerprint density at radius 3 is 2.25 bits per heavy atom. The number of anilines is 1. The molecule has 5 nitrogen and oxygen atoms in total. The van der Waals surface area contributed by atoms with Crippen LogP contribution in [0.2, 0.25) is 0 Å². The van der Waals surface area contributed by atoms with Gasteiger partial charge in [0.1, 0.15) is 5.75 Å². The molecule has 2 aromatic carbocycles. The zero-order valence-electron chi connectivity index (χ0n) is 11.0. The number of phenolic OH excluding ortho intramolecular Hbond substituents is 1. The molecule has 3 N–H and O–H groups in total. The fraction of sp³-hybridized carbons (Fsp3) is 0.0667. The van der Waals surface area contributed by atoms with E-state index in [1.54, 1.807) is 55.5 Å². The zero-order valence-corrected chi connectivity index (χ0v) is 11.0. The number of amides is 2. The molecule has 0 aliphatic carbocycles. The van der Waals surface area contributed by atoms with Crippen LogP contribution in [0.4, 0.5) is 10.5 Å². The number of nitrogens with zero attached hydrogens (tertiary/aromatic N) is 2. The Balaban J connectivity index is 2.34. The van der Waals surface area contributed by atoms with Crippen molar-refractivity contribution in [2.45, 2.75) is 6.92 Å². The highest BCUT2D eigenvalue weighted by Gasteiger charge is 2.11. The van der Waals surface area contributed by atoms with E-state index in [0.717, 1.165) is 10.6 Å². The molecule has 0 saturated heterocycles. The SMILES string of the molecule is C/C(=N\N(C(N)=O)c1ccccc1)c1ccc(O)cc1. The number of para-hydroxylation sites is 1. The van der Waals surface area contributed by atoms with Gasteiger partial charge < -0.3 is 10.8 Å². The molecular formula is C15H15N3O2. The third-order valence-corrected chi connectivity index (χ3v) is 2.74. The quantitative estimate of drug-likeness (QED) is 0.663. The fourth-order valence-electron chi connectivity index (χ4n) is 1.71. The molecule has 0 aliphatic heterocycles. The minimum atomic E-state index is -0.658. The molecule has 2 rings (SSSR count). The summed E-state index contributed by atoms with van der Waals surface area (Å²) in [6.45, 7) is 1.77. The summed E-state index contributed by atoms with van der Waals surface area (Å²) >= 11 is 0. The molecule has 0 spiro atoms. The van der Waals surface area contributed by atoms with Crippen LogP contribution in [0.15, 0.2) is 59.7 Å². The summed E-state index contributed by atoms with van der Waals surface area (Å²) in [5, 5.41) is 14.6. The van der Waals surface area contributed by atoms with Crippen LogP contribution < -0.4 is 10.7 Å². The van der Waals surface area contributed by atoms with Crippen LogP contribution in [0, 0.1) is 0 Å². The van der Waals surface area contributed by atoms with Gasteiger partial charge in [-0.05, 0) is 48.9 Å². The molecule has 0 radical (unpaired) electrons. The van der Waals surface area contributed by atoms with Gasteiger partial charge in [0, 0.05) is 0 Å². The fourth-order valence-corrected chi connectivity index (χ4v) is 1.71. The predicted octanol–water partition coefficient (Wildman–Crippen LogP) is 2.70. The van der Waals surface area contributed by atoms with Crippen LogP contribution in [-0.4, -0.2) is 16.8 Å². The lowest BCUT2D eigenvalue weighted by Gasteiger charge is -2.15. The summed E-state index contributed by atoms with van der Waals surface area (Å²) in [6.07, 6.45) is 0. The molecule has 0 aliphatic rings. The standard InChI is InChI=1S/C15H15N3O2/c1-11(12-7-9-14(19)10-8-12)17-18(15(16)20)13-5-3-2-4-6-13/h2-10,19H,1H3,(H2,16,20)/b17-11+. The number of hydrogen-bond donors (Lipinski definition) is 2. The largest absolute Gasteiger partial charge is 0.508 e. The van der Waals surface area contributed by atoms with Gasteiger partial charge in [0.05, 0.1) is 11.4 Å². The Labute approximate surface area is 117 Å². The molecule has 2 aromatic rings.